The maximum Gasteiger partial charge on any atom is 0.323 e. The molecule has 0 aliphatic carbocycles. The summed E-state index contributed by atoms with van der Waals surface area (Å²) >= 11 is 0. The first kappa shape index (κ1) is 14.8. The number of nitrogens with zero attached hydrogens (tertiary/aromatic N) is 4. The number of anilines is 2. The Morgan fingerprint density at radius 2 is 2.15 bits per heavy atom. The van der Waals surface area contributed by atoms with Gasteiger partial charge < -0.3 is 19.7 Å². The average molecular weight is 281 g/mol. The summed E-state index contributed by atoms with van der Waals surface area (Å²) in [6.07, 6.45) is 1.16. The first-order chi connectivity index (χ1) is 9.58. The van der Waals surface area contributed by atoms with Crippen molar-refractivity contribution in [3.8, 4) is 6.01 Å². The quantitative estimate of drug-likeness (QED) is 0.892. The lowest BCUT2D eigenvalue weighted by atomic mass is 10.3. The van der Waals surface area contributed by atoms with Gasteiger partial charge in [-0.05, 0) is 27.2 Å². The van der Waals surface area contributed by atoms with Crippen molar-refractivity contribution in [2.45, 2.75) is 39.4 Å². The van der Waals surface area contributed by atoms with E-state index in [4.69, 9.17) is 9.47 Å². The third-order valence-corrected chi connectivity index (χ3v) is 2.90. The van der Waals surface area contributed by atoms with Gasteiger partial charge >= 0.3 is 6.01 Å². The van der Waals surface area contributed by atoms with E-state index in [1.54, 1.807) is 7.05 Å². The van der Waals surface area contributed by atoms with Gasteiger partial charge in [0.1, 0.15) is 0 Å². The fraction of sp³-hybridized carbons (Fsp3) is 0.769. The molecule has 7 nitrogen and oxygen atoms in total. The lowest BCUT2D eigenvalue weighted by Crippen LogP contribution is -2.32. The lowest BCUT2D eigenvalue weighted by Gasteiger charge is -2.22. The van der Waals surface area contributed by atoms with E-state index in [1.807, 2.05) is 13.8 Å². The molecule has 0 aromatic carbocycles. The molecule has 1 aliphatic rings. The molecule has 1 unspecified atom stereocenters. The van der Waals surface area contributed by atoms with Crippen molar-refractivity contribution >= 4 is 11.9 Å². The second-order valence-corrected chi connectivity index (χ2v) is 5.14. The van der Waals surface area contributed by atoms with Gasteiger partial charge in [0, 0.05) is 26.7 Å². The topological polar surface area (TPSA) is 72.4 Å². The van der Waals surface area contributed by atoms with Crippen LogP contribution in [0, 0.1) is 0 Å². The van der Waals surface area contributed by atoms with Gasteiger partial charge in [-0.3, -0.25) is 0 Å². The van der Waals surface area contributed by atoms with Gasteiger partial charge in [0.2, 0.25) is 11.9 Å². The number of nitrogens with one attached hydrogen (secondary N) is 1. The minimum atomic E-state index is 0.0290. The van der Waals surface area contributed by atoms with Gasteiger partial charge in [0.25, 0.3) is 0 Å². The van der Waals surface area contributed by atoms with Crippen LogP contribution in [0.15, 0.2) is 0 Å². The highest BCUT2D eigenvalue weighted by molar-refractivity contribution is 5.38. The molecule has 0 spiro atoms. The molecule has 7 heteroatoms. The van der Waals surface area contributed by atoms with E-state index in [0.29, 0.717) is 17.9 Å². The zero-order valence-corrected chi connectivity index (χ0v) is 12.6. The maximum atomic E-state index is 5.65. The van der Waals surface area contributed by atoms with Crippen molar-refractivity contribution in [1.82, 2.24) is 15.0 Å². The molecule has 0 saturated carbocycles. The lowest BCUT2D eigenvalue weighted by molar-refractivity contribution is 0.0820. The summed E-state index contributed by atoms with van der Waals surface area (Å²) < 4.78 is 11.2. The Labute approximate surface area is 119 Å². The SMILES string of the molecule is CNc1nc(OC(C)C)nc(N2CCCOC(C)C2)n1. The van der Waals surface area contributed by atoms with Crippen molar-refractivity contribution in [3.05, 3.63) is 0 Å². The number of hydrogen-bond acceptors (Lipinski definition) is 7. The molecule has 1 aromatic heterocycles. The van der Waals surface area contributed by atoms with E-state index in [0.717, 1.165) is 26.1 Å². The highest BCUT2D eigenvalue weighted by Gasteiger charge is 2.19. The molecule has 20 heavy (non-hydrogen) atoms. The summed E-state index contributed by atoms with van der Waals surface area (Å²) in [6.45, 7) is 8.38. The molecule has 1 atom stereocenters. The van der Waals surface area contributed by atoms with Crippen LogP contribution in [0.2, 0.25) is 0 Å². The number of rotatable bonds is 4. The molecular formula is C13H23N5O2. The van der Waals surface area contributed by atoms with Crippen LogP contribution in [0.1, 0.15) is 27.2 Å². The van der Waals surface area contributed by atoms with Crippen LogP contribution in [0.25, 0.3) is 0 Å². The van der Waals surface area contributed by atoms with Gasteiger partial charge in [0.05, 0.1) is 12.2 Å². The fourth-order valence-electron chi connectivity index (χ4n) is 2.04. The predicted molar refractivity (Wildman–Crippen MR) is 77.4 cm³/mol. The summed E-state index contributed by atoms with van der Waals surface area (Å²) in [7, 11) is 1.78. The van der Waals surface area contributed by atoms with E-state index < -0.39 is 0 Å². The fourth-order valence-corrected chi connectivity index (χ4v) is 2.04. The summed E-state index contributed by atoms with van der Waals surface area (Å²) in [5, 5.41) is 2.95. The first-order valence-corrected chi connectivity index (χ1v) is 7.05. The highest BCUT2D eigenvalue weighted by Crippen LogP contribution is 2.18. The molecule has 1 saturated heterocycles. The molecule has 1 aromatic rings. The summed E-state index contributed by atoms with van der Waals surface area (Å²) in [5.74, 6) is 1.15. The summed E-state index contributed by atoms with van der Waals surface area (Å²) in [6, 6.07) is 0.354. The zero-order chi connectivity index (χ0) is 14.5. The van der Waals surface area contributed by atoms with Crippen LogP contribution in [0.3, 0.4) is 0 Å². The first-order valence-electron chi connectivity index (χ1n) is 7.05. The van der Waals surface area contributed by atoms with Crippen molar-refractivity contribution < 1.29 is 9.47 Å². The van der Waals surface area contributed by atoms with E-state index >= 15 is 0 Å². The van der Waals surface area contributed by atoms with E-state index in [-0.39, 0.29) is 12.2 Å². The predicted octanol–water partition coefficient (Wildman–Crippen LogP) is 1.32. The Kier molecular flexibility index (Phi) is 4.94. The van der Waals surface area contributed by atoms with Gasteiger partial charge in [-0.15, -0.1) is 0 Å². The Hall–Kier alpha value is -1.63. The minimum absolute atomic E-state index is 0.0290. The van der Waals surface area contributed by atoms with Gasteiger partial charge in [-0.25, -0.2) is 0 Å². The van der Waals surface area contributed by atoms with Gasteiger partial charge in [-0.2, -0.15) is 15.0 Å². The minimum Gasteiger partial charge on any atom is -0.461 e. The molecule has 0 amide bonds. The summed E-state index contributed by atoms with van der Waals surface area (Å²) in [4.78, 5) is 15.2. The third kappa shape index (κ3) is 3.93. The van der Waals surface area contributed by atoms with Crippen LogP contribution >= 0.6 is 0 Å². The monoisotopic (exact) mass is 281 g/mol. The van der Waals surface area contributed by atoms with Crippen molar-refractivity contribution in [3.63, 3.8) is 0 Å². The highest BCUT2D eigenvalue weighted by atomic mass is 16.5. The van der Waals surface area contributed by atoms with E-state index in [2.05, 4.69) is 32.1 Å². The second kappa shape index (κ2) is 6.69. The van der Waals surface area contributed by atoms with E-state index in [9.17, 15) is 0 Å². The van der Waals surface area contributed by atoms with Crippen LogP contribution < -0.4 is 15.0 Å². The Balaban J connectivity index is 2.24. The van der Waals surface area contributed by atoms with Crippen molar-refractivity contribution in [2.75, 3.05) is 37.0 Å². The molecule has 1 N–H and O–H groups in total. The normalized spacial score (nSPS) is 19.9. The molecule has 1 fully saturated rings. The standard InChI is InChI=1S/C13H23N5O2/c1-9(2)20-13-16-11(14-4)15-12(17-13)18-6-5-7-19-10(3)8-18/h9-10H,5-8H2,1-4H3,(H,14,15,16,17). The largest absolute Gasteiger partial charge is 0.461 e. The van der Waals surface area contributed by atoms with Crippen LogP contribution in [-0.2, 0) is 4.74 Å². The average Bonchev–Trinajstić information content (AvgIpc) is 2.62. The smallest absolute Gasteiger partial charge is 0.323 e. The molecule has 2 rings (SSSR count). The molecule has 1 aliphatic heterocycles. The van der Waals surface area contributed by atoms with Crippen LogP contribution in [0.5, 0.6) is 6.01 Å². The number of ether oxygens (including phenoxy) is 2. The molecule has 0 bridgehead atoms. The van der Waals surface area contributed by atoms with Gasteiger partial charge in [-0.1, -0.05) is 0 Å². The Morgan fingerprint density at radius 1 is 1.35 bits per heavy atom. The van der Waals surface area contributed by atoms with Crippen LogP contribution in [0.4, 0.5) is 11.9 Å². The molecular weight excluding hydrogens is 258 g/mol. The zero-order valence-electron chi connectivity index (χ0n) is 12.6. The van der Waals surface area contributed by atoms with E-state index in [1.165, 1.54) is 0 Å². The van der Waals surface area contributed by atoms with Crippen molar-refractivity contribution in [1.29, 1.82) is 0 Å². The second-order valence-electron chi connectivity index (χ2n) is 5.14. The maximum absolute atomic E-state index is 5.65. The van der Waals surface area contributed by atoms with Crippen molar-refractivity contribution in [2.24, 2.45) is 0 Å². The molecule has 112 valence electrons. The Bertz CT molecular complexity index is 441. The summed E-state index contributed by atoms with van der Waals surface area (Å²) in [5.41, 5.74) is 0. The molecule has 2 heterocycles. The molecule has 0 radical (unpaired) electrons. The number of hydrogen-bond donors (Lipinski definition) is 1. The van der Waals surface area contributed by atoms with Gasteiger partial charge in [0.15, 0.2) is 0 Å². The van der Waals surface area contributed by atoms with Crippen LogP contribution in [-0.4, -0.2) is 53.9 Å². The number of aromatic nitrogens is 3. The Morgan fingerprint density at radius 3 is 2.85 bits per heavy atom. The third-order valence-electron chi connectivity index (χ3n) is 2.90.